The number of aliphatic carboxylic acids is 1. The first-order valence-electron chi connectivity index (χ1n) is 8.02. The summed E-state index contributed by atoms with van der Waals surface area (Å²) in [6.45, 7) is 2.98. The second-order valence-corrected chi connectivity index (χ2v) is 6.67. The van der Waals surface area contributed by atoms with Gasteiger partial charge >= 0.3 is 5.97 Å². The lowest BCUT2D eigenvalue weighted by atomic mass is 9.92. The third kappa shape index (κ3) is 2.47. The molecule has 1 aromatic carbocycles. The summed E-state index contributed by atoms with van der Waals surface area (Å²) in [4.78, 5) is 16.5. The zero-order chi connectivity index (χ0) is 14.4. The van der Waals surface area contributed by atoms with Crippen LogP contribution in [-0.4, -0.2) is 52.1 Å². The molecule has 4 nitrogen and oxygen atoms in total. The summed E-state index contributed by atoms with van der Waals surface area (Å²) in [5, 5.41) is 9.63. The minimum absolute atomic E-state index is 0.357. The maximum absolute atomic E-state index is 11.7. The van der Waals surface area contributed by atoms with E-state index in [4.69, 9.17) is 0 Å². The molecule has 1 N–H and O–H groups in total. The maximum Gasteiger partial charge on any atom is 0.321 e. The molecule has 1 saturated carbocycles. The number of hydrogen-bond donors (Lipinski definition) is 1. The van der Waals surface area contributed by atoms with Crippen molar-refractivity contribution in [1.29, 1.82) is 0 Å². The van der Waals surface area contributed by atoms with Crippen LogP contribution in [0.3, 0.4) is 0 Å². The number of fused-ring (bicyclic) bond motifs is 1. The third-order valence-electron chi connectivity index (χ3n) is 5.30. The molecule has 0 bridgehead atoms. The Kier molecular flexibility index (Phi) is 3.23. The highest BCUT2D eigenvalue weighted by Gasteiger charge is 2.41. The quantitative estimate of drug-likeness (QED) is 0.919. The topological polar surface area (TPSA) is 43.8 Å². The molecule has 0 amide bonds. The van der Waals surface area contributed by atoms with E-state index in [2.05, 4.69) is 28.0 Å². The highest BCUT2D eigenvalue weighted by Crippen LogP contribution is 2.34. The Morgan fingerprint density at radius 2 is 1.86 bits per heavy atom. The van der Waals surface area contributed by atoms with Crippen molar-refractivity contribution in [3.05, 3.63) is 35.4 Å². The Morgan fingerprint density at radius 1 is 1.10 bits per heavy atom. The van der Waals surface area contributed by atoms with Gasteiger partial charge in [0.15, 0.2) is 0 Å². The van der Waals surface area contributed by atoms with Gasteiger partial charge in [-0.25, -0.2) is 0 Å². The normalized spacial score (nSPS) is 30.3. The van der Waals surface area contributed by atoms with Crippen molar-refractivity contribution in [2.75, 3.05) is 13.1 Å². The molecule has 2 atom stereocenters. The van der Waals surface area contributed by atoms with E-state index in [1.165, 1.54) is 24.0 Å². The van der Waals surface area contributed by atoms with Gasteiger partial charge in [-0.3, -0.25) is 14.6 Å². The van der Waals surface area contributed by atoms with E-state index in [0.29, 0.717) is 12.5 Å². The fourth-order valence-corrected chi connectivity index (χ4v) is 3.97. The number of carboxylic acid groups (broad SMARTS) is 1. The van der Waals surface area contributed by atoms with Crippen molar-refractivity contribution in [2.24, 2.45) is 0 Å². The van der Waals surface area contributed by atoms with Crippen LogP contribution < -0.4 is 0 Å². The van der Waals surface area contributed by atoms with Crippen LogP contribution in [0, 0.1) is 0 Å². The Balaban J connectivity index is 1.56. The molecule has 1 aromatic rings. The van der Waals surface area contributed by atoms with Gasteiger partial charge in [-0.15, -0.1) is 0 Å². The predicted molar refractivity (Wildman–Crippen MR) is 80.1 cm³/mol. The van der Waals surface area contributed by atoms with Crippen LogP contribution in [0.1, 0.15) is 30.4 Å². The van der Waals surface area contributed by atoms with Gasteiger partial charge in [0, 0.05) is 31.7 Å². The largest absolute Gasteiger partial charge is 0.480 e. The van der Waals surface area contributed by atoms with Crippen molar-refractivity contribution in [3.8, 4) is 0 Å². The van der Waals surface area contributed by atoms with E-state index in [1.54, 1.807) is 0 Å². The standard InChI is InChI=1S/C17H22N2O2/c20-17(21)16-9-12-3-1-2-4-13(12)10-19(16)15-7-8-18(11-15)14-5-6-14/h1-4,14-16H,5-11H2,(H,20,21). The number of benzene rings is 1. The highest BCUT2D eigenvalue weighted by atomic mass is 16.4. The molecule has 1 saturated heterocycles. The van der Waals surface area contributed by atoms with E-state index >= 15 is 0 Å². The van der Waals surface area contributed by atoms with Crippen molar-refractivity contribution in [1.82, 2.24) is 9.80 Å². The first-order valence-corrected chi connectivity index (χ1v) is 8.02. The number of rotatable bonds is 3. The molecule has 4 rings (SSSR count). The highest BCUT2D eigenvalue weighted by molar-refractivity contribution is 5.74. The summed E-state index contributed by atoms with van der Waals surface area (Å²) in [5.74, 6) is -0.672. The van der Waals surface area contributed by atoms with Gasteiger partial charge in [-0.05, 0) is 36.8 Å². The SMILES string of the molecule is O=C(O)C1Cc2ccccc2CN1C1CCN(C2CC2)C1. The average molecular weight is 286 g/mol. The van der Waals surface area contributed by atoms with E-state index in [0.717, 1.165) is 32.1 Å². The molecule has 2 fully saturated rings. The van der Waals surface area contributed by atoms with Gasteiger partial charge in [0.1, 0.15) is 6.04 Å². The summed E-state index contributed by atoms with van der Waals surface area (Å²) in [6.07, 6.45) is 4.42. The van der Waals surface area contributed by atoms with Crippen LogP contribution in [0.25, 0.3) is 0 Å². The van der Waals surface area contributed by atoms with Crippen LogP contribution in [0.4, 0.5) is 0 Å². The number of likely N-dealkylation sites (tertiary alicyclic amines) is 1. The summed E-state index contributed by atoms with van der Waals surface area (Å²) < 4.78 is 0. The molecule has 2 heterocycles. The lowest BCUT2D eigenvalue weighted by Crippen LogP contribution is -2.51. The zero-order valence-electron chi connectivity index (χ0n) is 12.2. The Hall–Kier alpha value is -1.39. The molecule has 4 heteroatoms. The van der Waals surface area contributed by atoms with E-state index in [-0.39, 0.29) is 6.04 Å². The predicted octanol–water partition coefficient (Wildman–Crippen LogP) is 1.73. The van der Waals surface area contributed by atoms with Crippen LogP contribution in [0.5, 0.6) is 0 Å². The van der Waals surface area contributed by atoms with Gasteiger partial charge < -0.3 is 5.11 Å². The molecular formula is C17H22N2O2. The summed E-state index contributed by atoms with van der Waals surface area (Å²) in [5.41, 5.74) is 2.51. The van der Waals surface area contributed by atoms with Gasteiger partial charge in [0.25, 0.3) is 0 Å². The molecule has 2 unspecified atom stereocenters. The Labute approximate surface area is 125 Å². The fraction of sp³-hybridized carbons (Fsp3) is 0.588. The first-order chi connectivity index (χ1) is 10.2. The van der Waals surface area contributed by atoms with Gasteiger partial charge in [-0.2, -0.15) is 0 Å². The maximum atomic E-state index is 11.7. The monoisotopic (exact) mass is 286 g/mol. The first kappa shape index (κ1) is 13.3. The molecule has 112 valence electrons. The molecule has 0 aromatic heterocycles. The molecular weight excluding hydrogens is 264 g/mol. The molecule has 0 radical (unpaired) electrons. The van der Waals surface area contributed by atoms with Crippen molar-refractivity contribution < 1.29 is 9.90 Å². The second-order valence-electron chi connectivity index (χ2n) is 6.67. The second kappa shape index (κ2) is 5.11. The van der Waals surface area contributed by atoms with Crippen molar-refractivity contribution in [2.45, 2.75) is 50.4 Å². The lowest BCUT2D eigenvalue weighted by molar-refractivity contribution is -0.145. The number of carboxylic acids is 1. The molecule has 1 aliphatic carbocycles. The fourth-order valence-electron chi connectivity index (χ4n) is 3.97. The van der Waals surface area contributed by atoms with Crippen molar-refractivity contribution >= 4 is 5.97 Å². The van der Waals surface area contributed by atoms with Gasteiger partial charge in [-0.1, -0.05) is 24.3 Å². The lowest BCUT2D eigenvalue weighted by Gasteiger charge is -2.38. The minimum Gasteiger partial charge on any atom is -0.480 e. The molecule has 0 spiro atoms. The zero-order valence-corrected chi connectivity index (χ0v) is 12.2. The van der Waals surface area contributed by atoms with E-state index in [1.807, 2.05) is 6.07 Å². The minimum atomic E-state index is -0.672. The number of nitrogens with zero attached hydrogens (tertiary/aromatic N) is 2. The average Bonchev–Trinajstić information content (AvgIpc) is 3.23. The summed E-state index contributed by atoms with van der Waals surface area (Å²) in [6, 6.07) is 9.13. The number of carbonyl (C=O) groups is 1. The summed E-state index contributed by atoms with van der Waals surface area (Å²) in [7, 11) is 0. The summed E-state index contributed by atoms with van der Waals surface area (Å²) >= 11 is 0. The smallest absolute Gasteiger partial charge is 0.321 e. The van der Waals surface area contributed by atoms with Crippen LogP contribution in [0.15, 0.2) is 24.3 Å². The van der Waals surface area contributed by atoms with E-state index in [9.17, 15) is 9.90 Å². The molecule has 3 aliphatic rings. The van der Waals surface area contributed by atoms with Crippen LogP contribution in [0.2, 0.25) is 0 Å². The molecule has 2 aliphatic heterocycles. The third-order valence-corrected chi connectivity index (χ3v) is 5.30. The Morgan fingerprint density at radius 3 is 2.57 bits per heavy atom. The van der Waals surface area contributed by atoms with Gasteiger partial charge in [0.05, 0.1) is 0 Å². The Bertz CT molecular complexity index is 555. The van der Waals surface area contributed by atoms with Gasteiger partial charge in [0.2, 0.25) is 0 Å². The van der Waals surface area contributed by atoms with E-state index < -0.39 is 5.97 Å². The number of hydrogen-bond acceptors (Lipinski definition) is 3. The van der Waals surface area contributed by atoms with Crippen LogP contribution in [-0.2, 0) is 17.8 Å². The van der Waals surface area contributed by atoms with Crippen LogP contribution >= 0.6 is 0 Å². The van der Waals surface area contributed by atoms with Crippen molar-refractivity contribution in [3.63, 3.8) is 0 Å². The molecule has 21 heavy (non-hydrogen) atoms.